The first kappa shape index (κ1) is 23.3. The Kier molecular flexibility index (Phi) is 5.97. The maximum absolute atomic E-state index is 14.2. The summed E-state index contributed by atoms with van der Waals surface area (Å²) in [5.41, 5.74) is 0.571. The van der Waals surface area contributed by atoms with Gasteiger partial charge in [-0.2, -0.15) is 13.2 Å². The maximum Gasteiger partial charge on any atom is 0.417 e. The van der Waals surface area contributed by atoms with Crippen molar-refractivity contribution in [1.29, 1.82) is 0 Å². The molecule has 7 nitrogen and oxygen atoms in total. The molecule has 0 saturated carbocycles. The lowest BCUT2D eigenvalue weighted by molar-refractivity contribution is -0.137. The molecule has 5 rings (SSSR count). The Hall–Kier alpha value is -3.44. The topological polar surface area (TPSA) is 83.1 Å². The number of alkyl halides is 3. The Morgan fingerprint density at radius 1 is 1.20 bits per heavy atom. The normalized spacial score (nSPS) is 18.7. The molecule has 4 aromatic rings. The summed E-state index contributed by atoms with van der Waals surface area (Å²) in [5.74, 6) is -0.400. The minimum atomic E-state index is -4.60. The zero-order chi connectivity index (χ0) is 24.7. The first-order valence-corrected chi connectivity index (χ1v) is 11.9. The molecule has 1 saturated heterocycles. The Morgan fingerprint density at radius 3 is 2.66 bits per heavy atom. The van der Waals surface area contributed by atoms with Crippen LogP contribution < -0.4 is 10.2 Å². The van der Waals surface area contributed by atoms with Crippen LogP contribution in [0.15, 0.2) is 48.0 Å². The van der Waals surface area contributed by atoms with Gasteiger partial charge in [0, 0.05) is 35.9 Å². The van der Waals surface area contributed by atoms with Crippen molar-refractivity contribution in [1.82, 2.24) is 15.0 Å². The number of H-pyrrole nitrogens is 1. The van der Waals surface area contributed by atoms with Crippen LogP contribution in [0.25, 0.3) is 22.4 Å². The number of nitrogens with one attached hydrogen (secondary N) is 2. The number of para-hydroxylation sites is 1. The molecule has 2 aromatic carbocycles. The summed E-state index contributed by atoms with van der Waals surface area (Å²) in [4.78, 5) is 26.1. The van der Waals surface area contributed by atoms with E-state index < -0.39 is 17.6 Å². The van der Waals surface area contributed by atoms with Gasteiger partial charge in [0.05, 0.1) is 28.9 Å². The van der Waals surface area contributed by atoms with Gasteiger partial charge in [0.25, 0.3) is 5.91 Å². The van der Waals surface area contributed by atoms with Crippen LogP contribution in [0.3, 0.4) is 0 Å². The van der Waals surface area contributed by atoms with E-state index in [4.69, 9.17) is 4.74 Å². The number of morpholine rings is 1. The van der Waals surface area contributed by atoms with E-state index in [-0.39, 0.29) is 34.7 Å². The van der Waals surface area contributed by atoms with E-state index in [2.05, 4.69) is 20.3 Å². The van der Waals surface area contributed by atoms with Gasteiger partial charge in [-0.05, 0) is 44.2 Å². The average Bonchev–Trinajstić information content (AvgIpc) is 3.47. The van der Waals surface area contributed by atoms with Crippen molar-refractivity contribution < 1.29 is 22.7 Å². The summed E-state index contributed by atoms with van der Waals surface area (Å²) in [6, 6.07) is 9.14. The van der Waals surface area contributed by atoms with Gasteiger partial charge in [-0.15, -0.1) is 11.3 Å². The number of fused-ring (bicyclic) bond motifs is 1. The zero-order valence-electron chi connectivity index (χ0n) is 18.9. The lowest BCUT2D eigenvalue weighted by Crippen LogP contribution is -2.45. The van der Waals surface area contributed by atoms with Crippen molar-refractivity contribution in [3.63, 3.8) is 0 Å². The number of benzene rings is 2. The van der Waals surface area contributed by atoms with E-state index in [1.54, 1.807) is 35.8 Å². The van der Waals surface area contributed by atoms with E-state index in [9.17, 15) is 18.0 Å². The molecule has 1 aliphatic heterocycles. The van der Waals surface area contributed by atoms with E-state index >= 15 is 0 Å². The molecular weight excluding hydrogens is 479 g/mol. The molecule has 0 bridgehead atoms. The van der Waals surface area contributed by atoms with Crippen molar-refractivity contribution in [2.45, 2.75) is 32.2 Å². The second-order valence-corrected chi connectivity index (χ2v) is 9.36. The van der Waals surface area contributed by atoms with Gasteiger partial charge < -0.3 is 14.6 Å². The summed E-state index contributed by atoms with van der Waals surface area (Å²) in [6.07, 6.45) is -3.21. The highest BCUT2D eigenvalue weighted by atomic mass is 32.1. The van der Waals surface area contributed by atoms with Gasteiger partial charge in [0.15, 0.2) is 5.13 Å². The van der Waals surface area contributed by atoms with Crippen LogP contribution in [0.5, 0.6) is 0 Å². The van der Waals surface area contributed by atoms with Crippen LogP contribution in [-0.2, 0) is 10.9 Å². The number of nitrogens with zero attached hydrogens (tertiary/aromatic N) is 3. The highest BCUT2D eigenvalue weighted by molar-refractivity contribution is 7.13. The van der Waals surface area contributed by atoms with Gasteiger partial charge >= 0.3 is 6.18 Å². The van der Waals surface area contributed by atoms with E-state index in [1.807, 2.05) is 18.7 Å². The third kappa shape index (κ3) is 4.73. The molecule has 0 aliphatic carbocycles. The fourth-order valence-electron chi connectivity index (χ4n) is 4.35. The van der Waals surface area contributed by atoms with Gasteiger partial charge in [-0.1, -0.05) is 6.07 Å². The fourth-order valence-corrected chi connectivity index (χ4v) is 4.88. The SMILES string of the molecule is CC1CN(c2ccc(-c3nc4c(C(=O)Nc5nccs5)cccc4[nH]3)c(C(F)(F)F)c2)CC(C)O1. The van der Waals surface area contributed by atoms with E-state index in [0.29, 0.717) is 29.4 Å². The number of halogens is 3. The first-order valence-electron chi connectivity index (χ1n) is 11.0. The van der Waals surface area contributed by atoms with Gasteiger partial charge in [0.1, 0.15) is 11.3 Å². The Bertz CT molecular complexity index is 1360. The Morgan fingerprint density at radius 2 is 1.97 bits per heavy atom. The number of anilines is 2. The number of thiazole rings is 1. The standard InChI is InChI=1S/C24H22F3N5O2S/c1-13-11-32(12-14(2)34-13)15-6-7-16(18(10-15)24(25,26)27)21-29-19-5-3-4-17(20(19)30-21)22(33)31-23-28-8-9-35-23/h3-10,13-14H,11-12H2,1-2H3,(H,29,30)(H,28,31,33). The summed E-state index contributed by atoms with van der Waals surface area (Å²) in [7, 11) is 0. The van der Waals surface area contributed by atoms with Gasteiger partial charge in [0.2, 0.25) is 0 Å². The van der Waals surface area contributed by atoms with E-state index in [1.165, 1.54) is 17.4 Å². The molecular formula is C24H22F3N5O2S. The average molecular weight is 502 g/mol. The van der Waals surface area contributed by atoms with Gasteiger partial charge in [-0.3, -0.25) is 10.1 Å². The highest BCUT2D eigenvalue weighted by Crippen LogP contribution is 2.39. The number of imidazole rings is 1. The van der Waals surface area contributed by atoms with Crippen LogP contribution in [0.2, 0.25) is 0 Å². The minimum absolute atomic E-state index is 0.0390. The van der Waals surface area contributed by atoms with E-state index in [0.717, 1.165) is 6.07 Å². The fraction of sp³-hybridized carbons (Fsp3) is 0.292. The van der Waals surface area contributed by atoms with Crippen molar-refractivity contribution in [3.8, 4) is 11.4 Å². The summed E-state index contributed by atoms with van der Waals surface area (Å²) in [5, 5.41) is 4.83. The Balaban J connectivity index is 1.54. The minimum Gasteiger partial charge on any atom is -0.372 e. The lowest BCUT2D eigenvalue weighted by Gasteiger charge is -2.37. The first-order chi connectivity index (χ1) is 16.7. The molecule has 1 aliphatic rings. The maximum atomic E-state index is 14.2. The number of aromatic nitrogens is 3. The zero-order valence-corrected chi connectivity index (χ0v) is 19.7. The van der Waals surface area contributed by atoms with Gasteiger partial charge in [-0.25, -0.2) is 9.97 Å². The molecule has 0 radical (unpaired) electrons. The summed E-state index contributed by atoms with van der Waals surface area (Å²) in [6.45, 7) is 4.81. The van der Waals surface area contributed by atoms with Crippen LogP contribution in [0.1, 0.15) is 29.8 Å². The summed E-state index contributed by atoms with van der Waals surface area (Å²) < 4.78 is 48.2. The predicted molar refractivity (Wildman–Crippen MR) is 129 cm³/mol. The van der Waals surface area contributed by atoms with Crippen LogP contribution in [0.4, 0.5) is 24.0 Å². The number of hydrogen-bond donors (Lipinski definition) is 2. The molecule has 2 unspecified atom stereocenters. The molecule has 11 heteroatoms. The number of carbonyl (C=O) groups is 1. The molecule has 2 atom stereocenters. The van der Waals surface area contributed by atoms with Crippen LogP contribution in [0, 0.1) is 0 Å². The number of amides is 1. The number of rotatable bonds is 4. The largest absolute Gasteiger partial charge is 0.417 e. The van der Waals surface area contributed by atoms with Crippen LogP contribution >= 0.6 is 11.3 Å². The van der Waals surface area contributed by atoms with Crippen molar-refractivity contribution in [3.05, 3.63) is 59.1 Å². The second-order valence-electron chi connectivity index (χ2n) is 8.47. The number of aromatic amines is 1. The predicted octanol–water partition coefficient (Wildman–Crippen LogP) is 5.57. The number of carbonyl (C=O) groups excluding carboxylic acids is 1. The second kappa shape index (κ2) is 8.97. The molecule has 182 valence electrons. The number of ether oxygens (including phenoxy) is 1. The van der Waals surface area contributed by atoms with Crippen molar-refractivity contribution in [2.24, 2.45) is 0 Å². The third-order valence-electron chi connectivity index (χ3n) is 5.76. The summed E-state index contributed by atoms with van der Waals surface area (Å²) >= 11 is 1.26. The van der Waals surface area contributed by atoms with Crippen molar-refractivity contribution in [2.75, 3.05) is 23.3 Å². The monoisotopic (exact) mass is 501 g/mol. The third-order valence-corrected chi connectivity index (χ3v) is 6.45. The molecule has 0 spiro atoms. The molecule has 35 heavy (non-hydrogen) atoms. The molecule has 1 fully saturated rings. The lowest BCUT2D eigenvalue weighted by atomic mass is 10.0. The molecule has 1 amide bonds. The highest BCUT2D eigenvalue weighted by Gasteiger charge is 2.36. The Labute approximate surface area is 203 Å². The molecule has 3 heterocycles. The van der Waals surface area contributed by atoms with Crippen LogP contribution in [-0.4, -0.2) is 46.2 Å². The molecule has 2 N–H and O–H groups in total. The quantitative estimate of drug-likeness (QED) is 0.382. The molecule has 2 aromatic heterocycles. The van der Waals surface area contributed by atoms with Crippen molar-refractivity contribution >= 4 is 39.1 Å². The number of hydrogen-bond acceptors (Lipinski definition) is 6. The smallest absolute Gasteiger partial charge is 0.372 e.